The standard InChI is InChI=1S/C17H17N3S/c1-17(2,3)16-19-14(9-15(21)20-16)13-6-4-5-11-10-18-8-7-12(11)13/h4-10H,1-3H3,(H,19,20,21). The second-order valence-corrected chi connectivity index (χ2v) is 6.55. The average Bonchev–Trinajstić information content (AvgIpc) is 2.45. The molecule has 0 atom stereocenters. The lowest BCUT2D eigenvalue weighted by Crippen LogP contribution is -2.16. The summed E-state index contributed by atoms with van der Waals surface area (Å²) in [5.74, 6) is 0.899. The highest BCUT2D eigenvalue weighted by molar-refractivity contribution is 7.71. The van der Waals surface area contributed by atoms with Gasteiger partial charge in [-0.3, -0.25) is 4.98 Å². The van der Waals surface area contributed by atoms with Crippen LogP contribution in [0, 0.1) is 4.64 Å². The van der Waals surface area contributed by atoms with Gasteiger partial charge >= 0.3 is 0 Å². The van der Waals surface area contributed by atoms with E-state index < -0.39 is 0 Å². The number of fused-ring (bicyclic) bond motifs is 1. The lowest BCUT2D eigenvalue weighted by molar-refractivity contribution is 0.545. The van der Waals surface area contributed by atoms with Gasteiger partial charge in [0.15, 0.2) is 0 Å². The average molecular weight is 295 g/mol. The van der Waals surface area contributed by atoms with E-state index in [0.717, 1.165) is 27.9 Å². The number of H-pyrrole nitrogens is 1. The summed E-state index contributed by atoms with van der Waals surface area (Å²) in [7, 11) is 0. The topological polar surface area (TPSA) is 41.6 Å². The molecule has 0 aliphatic rings. The van der Waals surface area contributed by atoms with E-state index in [1.807, 2.05) is 30.6 Å². The number of pyridine rings is 1. The molecule has 3 nitrogen and oxygen atoms in total. The van der Waals surface area contributed by atoms with Crippen molar-refractivity contribution < 1.29 is 0 Å². The Morgan fingerprint density at radius 2 is 1.95 bits per heavy atom. The summed E-state index contributed by atoms with van der Waals surface area (Å²) in [6, 6.07) is 10.1. The molecule has 0 radical (unpaired) electrons. The van der Waals surface area contributed by atoms with E-state index in [9.17, 15) is 0 Å². The summed E-state index contributed by atoms with van der Waals surface area (Å²) in [5.41, 5.74) is 2.04. The Morgan fingerprint density at radius 1 is 1.14 bits per heavy atom. The number of benzene rings is 1. The largest absolute Gasteiger partial charge is 0.343 e. The van der Waals surface area contributed by atoms with Crippen molar-refractivity contribution >= 4 is 23.0 Å². The normalized spacial score (nSPS) is 11.8. The fourth-order valence-electron chi connectivity index (χ4n) is 2.32. The third kappa shape index (κ3) is 2.72. The SMILES string of the molecule is CC(C)(C)c1nc(=S)cc(-c2cccc3cnccc23)[nH]1. The Morgan fingerprint density at radius 3 is 2.71 bits per heavy atom. The van der Waals surface area contributed by atoms with E-state index in [1.54, 1.807) is 0 Å². The van der Waals surface area contributed by atoms with Gasteiger partial charge in [-0.2, -0.15) is 0 Å². The van der Waals surface area contributed by atoms with Crippen LogP contribution in [0.3, 0.4) is 0 Å². The molecule has 0 spiro atoms. The highest BCUT2D eigenvalue weighted by atomic mass is 32.1. The molecule has 0 bridgehead atoms. The first-order valence-corrected chi connectivity index (χ1v) is 7.31. The summed E-state index contributed by atoms with van der Waals surface area (Å²) in [6.45, 7) is 6.37. The molecular weight excluding hydrogens is 278 g/mol. The maximum atomic E-state index is 5.34. The summed E-state index contributed by atoms with van der Waals surface area (Å²) in [5, 5.41) is 2.27. The van der Waals surface area contributed by atoms with Crippen molar-refractivity contribution in [2.75, 3.05) is 0 Å². The number of nitrogens with zero attached hydrogens (tertiary/aromatic N) is 2. The molecule has 2 aromatic heterocycles. The Labute approximate surface area is 129 Å². The number of nitrogens with one attached hydrogen (secondary N) is 1. The summed E-state index contributed by atoms with van der Waals surface area (Å²) < 4.78 is 0.611. The van der Waals surface area contributed by atoms with Gasteiger partial charge in [-0.05, 0) is 17.5 Å². The quantitative estimate of drug-likeness (QED) is 0.664. The van der Waals surface area contributed by atoms with E-state index in [4.69, 9.17) is 12.2 Å². The van der Waals surface area contributed by atoms with Crippen LogP contribution < -0.4 is 0 Å². The van der Waals surface area contributed by atoms with E-state index >= 15 is 0 Å². The summed E-state index contributed by atoms with van der Waals surface area (Å²) in [6.07, 6.45) is 3.69. The van der Waals surface area contributed by atoms with Gasteiger partial charge in [-0.15, -0.1) is 0 Å². The smallest absolute Gasteiger partial charge is 0.130 e. The molecule has 4 heteroatoms. The zero-order valence-electron chi connectivity index (χ0n) is 12.3. The maximum Gasteiger partial charge on any atom is 0.130 e. The summed E-state index contributed by atoms with van der Waals surface area (Å²) in [4.78, 5) is 12.1. The molecule has 3 rings (SSSR count). The molecule has 0 aliphatic carbocycles. The van der Waals surface area contributed by atoms with Crippen LogP contribution >= 0.6 is 12.2 Å². The molecule has 3 aromatic rings. The van der Waals surface area contributed by atoms with Crippen LogP contribution in [0.25, 0.3) is 22.0 Å². The molecular formula is C17H17N3S. The van der Waals surface area contributed by atoms with Crippen LogP contribution in [0.5, 0.6) is 0 Å². The first-order valence-electron chi connectivity index (χ1n) is 6.90. The number of rotatable bonds is 1. The highest BCUT2D eigenvalue weighted by Crippen LogP contribution is 2.28. The van der Waals surface area contributed by atoms with Gasteiger partial charge in [-0.25, -0.2) is 4.98 Å². The first kappa shape index (κ1) is 13.9. The molecule has 0 saturated heterocycles. The zero-order chi connectivity index (χ0) is 15.0. The number of aromatic amines is 1. The molecule has 2 heterocycles. The zero-order valence-corrected chi connectivity index (χ0v) is 13.2. The second-order valence-electron chi connectivity index (χ2n) is 6.13. The minimum absolute atomic E-state index is 0.0737. The van der Waals surface area contributed by atoms with Crippen LogP contribution in [0.1, 0.15) is 26.6 Å². The lowest BCUT2D eigenvalue weighted by Gasteiger charge is -2.18. The van der Waals surface area contributed by atoms with Crippen molar-refractivity contribution in [2.45, 2.75) is 26.2 Å². The van der Waals surface area contributed by atoms with Gasteiger partial charge in [-0.1, -0.05) is 51.2 Å². The molecule has 1 aromatic carbocycles. The molecule has 0 unspecified atom stereocenters. The van der Waals surface area contributed by atoms with E-state index in [-0.39, 0.29) is 5.41 Å². The number of hydrogen-bond acceptors (Lipinski definition) is 3. The van der Waals surface area contributed by atoms with Crippen LogP contribution in [0.2, 0.25) is 0 Å². The van der Waals surface area contributed by atoms with Gasteiger partial charge in [0.25, 0.3) is 0 Å². The van der Waals surface area contributed by atoms with Gasteiger partial charge in [0, 0.05) is 28.8 Å². The van der Waals surface area contributed by atoms with Gasteiger partial charge in [0.05, 0.1) is 5.69 Å². The van der Waals surface area contributed by atoms with Gasteiger partial charge in [0.1, 0.15) is 10.5 Å². The fourth-order valence-corrected chi connectivity index (χ4v) is 2.52. The van der Waals surface area contributed by atoms with E-state index in [0.29, 0.717) is 4.64 Å². The molecule has 1 N–H and O–H groups in total. The molecule has 21 heavy (non-hydrogen) atoms. The second kappa shape index (κ2) is 5.04. The molecule has 0 saturated carbocycles. The molecule has 106 valence electrons. The van der Waals surface area contributed by atoms with Crippen molar-refractivity contribution in [3.63, 3.8) is 0 Å². The first-order chi connectivity index (χ1) is 9.95. The molecule has 0 aliphatic heterocycles. The van der Waals surface area contributed by atoms with Gasteiger partial charge < -0.3 is 4.98 Å². The van der Waals surface area contributed by atoms with Crippen molar-refractivity contribution in [3.05, 3.63) is 53.2 Å². The van der Waals surface area contributed by atoms with Crippen LogP contribution in [-0.2, 0) is 5.41 Å². The monoisotopic (exact) mass is 295 g/mol. The fraction of sp³-hybridized carbons (Fsp3) is 0.235. The van der Waals surface area contributed by atoms with E-state index in [1.165, 1.54) is 0 Å². The lowest BCUT2D eigenvalue weighted by atomic mass is 9.95. The molecule has 0 amide bonds. The van der Waals surface area contributed by atoms with Crippen LogP contribution in [-0.4, -0.2) is 15.0 Å². The number of aromatic nitrogens is 3. The predicted molar refractivity (Wildman–Crippen MR) is 88.9 cm³/mol. The van der Waals surface area contributed by atoms with Crippen molar-refractivity contribution in [3.8, 4) is 11.3 Å². The van der Waals surface area contributed by atoms with Gasteiger partial charge in [0.2, 0.25) is 0 Å². The minimum Gasteiger partial charge on any atom is -0.343 e. The third-order valence-electron chi connectivity index (χ3n) is 3.42. The summed E-state index contributed by atoms with van der Waals surface area (Å²) >= 11 is 5.34. The Kier molecular flexibility index (Phi) is 3.33. The Hall–Kier alpha value is -2.07. The predicted octanol–water partition coefficient (Wildman–Crippen LogP) is 4.65. The van der Waals surface area contributed by atoms with Crippen molar-refractivity contribution in [1.29, 1.82) is 0 Å². The van der Waals surface area contributed by atoms with Crippen molar-refractivity contribution in [1.82, 2.24) is 15.0 Å². The van der Waals surface area contributed by atoms with Crippen LogP contribution in [0.15, 0.2) is 42.7 Å². The number of hydrogen-bond donors (Lipinski definition) is 1. The molecule has 0 fully saturated rings. The third-order valence-corrected chi connectivity index (χ3v) is 3.63. The van der Waals surface area contributed by atoms with Crippen molar-refractivity contribution in [2.24, 2.45) is 0 Å². The minimum atomic E-state index is -0.0737. The van der Waals surface area contributed by atoms with E-state index in [2.05, 4.69) is 47.9 Å². The maximum absolute atomic E-state index is 5.34. The Bertz CT molecular complexity index is 854. The van der Waals surface area contributed by atoms with Crippen LogP contribution in [0.4, 0.5) is 0 Å². The highest BCUT2D eigenvalue weighted by Gasteiger charge is 2.17. The Balaban J connectivity index is 2.29.